The molecular formula is C14H18Cl2N2O2S. The Morgan fingerprint density at radius 2 is 2.29 bits per heavy atom. The van der Waals surface area contributed by atoms with Crippen LogP contribution in [-0.4, -0.2) is 34.8 Å². The number of carbonyl (C=O) groups is 1. The zero-order valence-electron chi connectivity index (χ0n) is 11.7. The molecule has 0 spiro atoms. The van der Waals surface area contributed by atoms with E-state index in [9.17, 15) is 9.90 Å². The van der Waals surface area contributed by atoms with Gasteiger partial charge in [0.05, 0.1) is 21.7 Å². The van der Waals surface area contributed by atoms with Crippen LogP contribution in [0.5, 0.6) is 0 Å². The number of hydrogen-bond donors (Lipinski definition) is 3. The Morgan fingerprint density at radius 3 is 2.95 bits per heavy atom. The van der Waals surface area contributed by atoms with Crippen molar-refractivity contribution < 1.29 is 9.90 Å². The maximum absolute atomic E-state index is 11.9. The molecule has 1 saturated heterocycles. The van der Waals surface area contributed by atoms with Crippen LogP contribution in [0.3, 0.4) is 0 Å². The summed E-state index contributed by atoms with van der Waals surface area (Å²) in [4.78, 5) is 11.9. The van der Waals surface area contributed by atoms with Crippen molar-refractivity contribution >= 4 is 41.0 Å². The van der Waals surface area contributed by atoms with Crippen molar-refractivity contribution in [2.24, 2.45) is 0 Å². The highest BCUT2D eigenvalue weighted by atomic mass is 35.5. The second kappa shape index (κ2) is 7.09. The van der Waals surface area contributed by atoms with Gasteiger partial charge in [-0.15, -0.1) is 0 Å². The summed E-state index contributed by atoms with van der Waals surface area (Å²) in [6.45, 7) is 2.08. The molecule has 0 bridgehead atoms. The molecule has 1 heterocycles. The van der Waals surface area contributed by atoms with Crippen LogP contribution in [0.25, 0.3) is 0 Å². The molecule has 2 amide bonds. The Hall–Kier alpha value is -0.620. The van der Waals surface area contributed by atoms with Crippen LogP contribution in [0.15, 0.2) is 18.2 Å². The van der Waals surface area contributed by atoms with Gasteiger partial charge in [-0.2, -0.15) is 11.8 Å². The van der Waals surface area contributed by atoms with Crippen LogP contribution in [0.1, 0.15) is 24.9 Å². The number of aliphatic hydroxyl groups is 1. The molecule has 4 nitrogen and oxygen atoms in total. The van der Waals surface area contributed by atoms with Crippen molar-refractivity contribution in [1.82, 2.24) is 10.6 Å². The van der Waals surface area contributed by atoms with E-state index in [2.05, 4.69) is 10.6 Å². The van der Waals surface area contributed by atoms with Crippen LogP contribution >= 0.6 is 35.0 Å². The number of thioether (sulfide) groups is 1. The van der Waals surface area contributed by atoms with E-state index < -0.39 is 5.60 Å². The smallest absolute Gasteiger partial charge is 0.315 e. The van der Waals surface area contributed by atoms with E-state index in [1.807, 2.05) is 13.0 Å². The lowest BCUT2D eigenvalue weighted by Gasteiger charge is -2.23. The summed E-state index contributed by atoms with van der Waals surface area (Å²) in [5.74, 6) is 1.58. The van der Waals surface area contributed by atoms with E-state index in [4.69, 9.17) is 23.2 Å². The second-order valence-electron chi connectivity index (χ2n) is 5.22. The first kappa shape index (κ1) is 16.7. The first-order valence-corrected chi connectivity index (χ1v) is 8.61. The fourth-order valence-electron chi connectivity index (χ4n) is 2.16. The SMILES string of the molecule is C[C@@H](NC(=O)NC[C@@]1(O)CCSC1)c1cccc(Cl)c1Cl. The fraction of sp³-hybridized carbons (Fsp3) is 0.500. The minimum Gasteiger partial charge on any atom is -0.387 e. The van der Waals surface area contributed by atoms with E-state index in [-0.39, 0.29) is 18.6 Å². The molecule has 1 aliphatic heterocycles. The molecule has 1 aromatic rings. The molecular weight excluding hydrogens is 331 g/mol. The average molecular weight is 349 g/mol. The lowest BCUT2D eigenvalue weighted by Crippen LogP contribution is -2.46. The maximum Gasteiger partial charge on any atom is 0.315 e. The minimum absolute atomic E-state index is 0.252. The third-order valence-corrected chi connectivity index (χ3v) is 5.52. The van der Waals surface area contributed by atoms with Crippen molar-refractivity contribution in [1.29, 1.82) is 0 Å². The number of halogens is 2. The highest BCUT2D eigenvalue weighted by Crippen LogP contribution is 2.30. The van der Waals surface area contributed by atoms with Gasteiger partial charge >= 0.3 is 6.03 Å². The topological polar surface area (TPSA) is 61.4 Å². The summed E-state index contributed by atoms with van der Waals surface area (Å²) in [6.07, 6.45) is 0.702. The van der Waals surface area contributed by atoms with Gasteiger partial charge in [-0.3, -0.25) is 0 Å². The molecule has 3 N–H and O–H groups in total. The van der Waals surface area contributed by atoms with Crippen LogP contribution in [0.2, 0.25) is 10.0 Å². The summed E-state index contributed by atoms with van der Waals surface area (Å²) in [5.41, 5.74) is -0.0340. The van der Waals surface area contributed by atoms with Gasteiger partial charge in [0.1, 0.15) is 0 Å². The van der Waals surface area contributed by atoms with Gasteiger partial charge in [-0.05, 0) is 30.7 Å². The van der Waals surface area contributed by atoms with Gasteiger partial charge in [0.2, 0.25) is 0 Å². The molecule has 21 heavy (non-hydrogen) atoms. The molecule has 0 saturated carbocycles. The van der Waals surface area contributed by atoms with Crippen molar-refractivity contribution in [2.45, 2.75) is 25.0 Å². The molecule has 0 unspecified atom stereocenters. The Bertz CT molecular complexity index is 522. The van der Waals surface area contributed by atoms with E-state index in [1.165, 1.54) is 0 Å². The second-order valence-corrected chi connectivity index (χ2v) is 7.11. The maximum atomic E-state index is 11.9. The first-order valence-electron chi connectivity index (χ1n) is 6.70. The quantitative estimate of drug-likeness (QED) is 0.782. The molecule has 0 aromatic heterocycles. The third kappa shape index (κ3) is 4.42. The number of amides is 2. The molecule has 0 radical (unpaired) electrons. The molecule has 1 aromatic carbocycles. The normalized spacial score (nSPS) is 22.9. The minimum atomic E-state index is -0.793. The standard InChI is InChI=1S/C14H18Cl2N2O2S/c1-9(10-3-2-4-11(15)12(10)16)18-13(19)17-7-14(20)5-6-21-8-14/h2-4,9,20H,5-8H2,1H3,(H2,17,18,19)/t9-,14+/m1/s1. The Balaban J connectivity index is 1.88. The van der Waals surface area contributed by atoms with Gasteiger partial charge < -0.3 is 15.7 Å². The van der Waals surface area contributed by atoms with Crippen molar-refractivity contribution in [2.75, 3.05) is 18.1 Å². The molecule has 116 valence electrons. The van der Waals surface area contributed by atoms with Gasteiger partial charge in [-0.1, -0.05) is 35.3 Å². The van der Waals surface area contributed by atoms with Gasteiger partial charge in [0, 0.05) is 12.3 Å². The molecule has 0 aliphatic carbocycles. The summed E-state index contributed by atoms with van der Waals surface area (Å²) >= 11 is 13.8. The van der Waals surface area contributed by atoms with Gasteiger partial charge in [0.15, 0.2) is 0 Å². The predicted molar refractivity (Wildman–Crippen MR) is 88.3 cm³/mol. The van der Waals surface area contributed by atoms with Crippen LogP contribution in [0, 0.1) is 0 Å². The summed E-state index contributed by atoms with van der Waals surface area (Å²) in [6, 6.07) is 4.71. The van der Waals surface area contributed by atoms with E-state index >= 15 is 0 Å². The zero-order chi connectivity index (χ0) is 15.5. The molecule has 1 fully saturated rings. The highest BCUT2D eigenvalue weighted by Gasteiger charge is 2.32. The summed E-state index contributed by atoms with van der Waals surface area (Å²) in [7, 11) is 0. The fourth-order valence-corrected chi connectivity index (χ4v) is 3.93. The third-order valence-electron chi connectivity index (χ3n) is 3.46. The number of carbonyl (C=O) groups excluding carboxylic acids is 1. The number of rotatable bonds is 4. The van der Waals surface area contributed by atoms with Crippen LogP contribution in [0.4, 0.5) is 4.79 Å². The van der Waals surface area contributed by atoms with Gasteiger partial charge in [-0.25, -0.2) is 4.79 Å². The summed E-state index contributed by atoms with van der Waals surface area (Å²) < 4.78 is 0. The number of hydrogen-bond acceptors (Lipinski definition) is 3. The average Bonchev–Trinajstić information content (AvgIpc) is 2.87. The molecule has 1 aliphatic rings. The van der Waals surface area contributed by atoms with E-state index in [0.29, 0.717) is 22.2 Å². The molecule has 7 heteroatoms. The Kier molecular flexibility index (Phi) is 5.66. The Labute approximate surface area is 138 Å². The highest BCUT2D eigenvalue weighted by molar-refractivity contribution is 7.99. The van der Waals surface area contributed by atoms with Gasteiger partial charge in [0.25, 0.3) is 0 Å². The number of nitrogens with one attached hydrogen (secondary N) is 2. The van der Waals surface area contributed by atoms with E-state index in [1.54, 1.807) is 23.9 Å². The number of benzene rings is 1. The van der Waals surface area contributed by atoms with Crippen molar-refractivity contribution in [3.8, 4) is 0 Å². The lowest BCUT2D eigenvalue weighted by molar-refractivity contribution is 0.0699. The Morgan fingerprint density at radius 1 is 1.52 bits per heavy atom. The van der Waals surface area contributed by atoms with E-state index in [0.717, 1.165) is 11.3 Å². The zero-order valence-corrected chi connectivity index (χ0v) is 14.0. The van der Waals surface area contributed by atoms with Crippen LogP contribution < -0.4 is 10.6 Å². The van der Waals surface area contributed by atoms with Crippen molar-refractivity contribution in [3.63, 3.8) is 0 Å². The monoisotopic (exact) mass is 348 g/mol. The molecule has 2 rings (SSSR count). The summed E-state index contributed by atoms with van der Waals surface area (Å²) in [5, 5.41) is 16.6. The van der Waals surface area contributed by atoms with Crippen molar-refractivity contribution in [3.05, 3.63) is 33.8 Å². The number of urea groups is 1. The predicted octanol–water partition coefficient (Wildman–Crippen LogP) is 3.22. The first-order chi connectivity index (χ1) is 9.91. The lowest BCUT2D eigenvalue weighted by atomic mass is 10.0. The molecule has 2 atom stereocenters. The van der Waals surface area contributed by atoms with Crippen LogP contribution in [-0.2, 0) is 0 Å². The largest absolute Gasteiger partial charge is 0.387 e.